The molecule has 2 aromatic carbocycles. The zero-order valence-corrected chi connectivity index (χ0v) is 15.2. The molecule has 0 aliphatic carbocycles. The Bertz CT molecular complexity index is 1000. The molecule has 0 bridgehead atoms. The van der Waals surface area contributed by atoms with Gasteiger partial charge in [-0.25, -0.2) is 13.2 Å². The Balaban J connectivity index is 2.05. The number of carboxylic acids is 1. The average Bonchev–Trinajstić information content (AvgIpc) is 3.04. The standard InChI is InChI=1S/C18H18N2O5S/c1-12(21)20-10-9-13-7-8-14(11-16(13)20)19(2)26(24,25)17-6-4-3-5-15(17)18(22)23/h3-8,11H,9-10H2,1-2H3,(H,22,23). The van der Waals surface area contributed by atoms with Crippen LogP contribution in [0.2, 0.25) is 0 Å². The van der Waals surface area contributed by atoms with E-state index in [0.717, 1.165) is 9.87 Å². The molecule has 0 spiro atoms. The Labute approximate surface area is 151 Å². The lowest BCUT2D eigenvalue weighted by Gasteiger charge is -2.22. The van der Waals surface area contributed by atoms with Crippen molar-refractivity contribution in [3.63, 3.8) is 0 Å². The van der Waals surface area contributed by atoms with E-state index < -0.39 is 16.0 Å². The van der Waals surface area contributed by atoms with Gasteiger partial charge in [0.15, 0.2) is 0 Å². The molecule has 0 fully saturated rings. The van der Waals surface area contributed by atoms with Crippen LogP contribution in [0, 0.1) is 0 Å². The van der Waals surface area contributed by atoms with E-state index in [1.54, 1.807) is 23.1 Å². The molecule has 0 unspecified atom stereocenters. The van der Waals surface area contributed by atoms with E-state index in [0.29, 0.717) is 24.3 Å². The fourth-order valence-corrected chi connectivity index (χ4v) is 4.42. The molecule has 1 aliphatic heterocycles. The molecular weight excluding hydrogens is 356 g/mol. The van der Waals surface area contributed by atoms with Crippen molar-refractivity contribution in [2.24, 2.45) is 0 Å². The first-order valence-corrected chi connectivity index (χ1v) is 9.40. The first-order valence-electron chi connectivity index (χ1n) is 7.96. The van der Waals surface area contributed by atoms with Crippen molar-refractivity contribution < 1.29 is 23.1 Å². The molecule has 0 atom stereocenters. The summed E-state index contributed by atoms with van der Waals surface area (Å²) in [7, 11) is -2.71. The van der Waals surface area contributed by atoms with Gasteiger partial charge >= 0.3 is 5.97 Å². The Morgan fingerprint density at radius 3 is 2.50 bits per heavy atom. The minimum atomic E-state index is -4.07. The van der Waals surface area contributed by atoms with Crippen LogP contribution in [0.5, 0.6) is 0 Å². The monoisotopic (exact) mass is 374 g/mol. The summed E-state index contributed by atoms with van der Waals surface area (Å²) in [5.74, 6) is -1.42. The lowest BCUT2D eigenvalue weighted by Crippen LogP contribution is -2.29. The summed E-state index contributed by atoms with van der Waals surface area (Å²) in [6.45, 7) is 2.03. The van der Waals surface area contributed by atoms with Crippen LogP contribution in [0.25, 0.3) is 0 Å². The number of nitrogens with zero attached hydrogens (tertiary/aromatic N) is 2. The summed E-state index contributed by atoms with van der Waals surface area (Å²) < 4.78 is 26.9. The van der Waals surface area contributed by atoms with Crippen LogP contribution < -0.4 is 9.21 Å². The molecule has 8 heteroatoms. The Hall–Kier alpha value is -2.87. The zero-order chi connectivity index (χ0) is 19.1. The summed E-state index contributed by atoms with van der Waals surface area (Å²) in [4.78, 5) is 24.5. The number of hydrogen-bond donors (Lipinski definition) is 1. The smallest absolute Gasteiger partial charge is 0.337 e. The summed E-state index contributed by atoms with van der Waals surface area (Å²) in [5.41, 5.74) is 1.73. The van der Waals surface area contributed by atoms with Gasteiger partial charge in [-0.15, -0.1) is 0 Å². The van der Waals surface area contributed by atoms with Crippen LogP contribution in [0.1, 0.15) is 22.8 Å². The van der Waals surface area contributed by atoms with E-state index in [2.05, 4.69) is 0 Å². The third-order valence-corrected chi connectivity index (χ3v) is 6.31. The highest BCUT2D eigenvalue weighted by Crippen LogP contribution is 2.34. The minimum Gasteiger partial charge on any atom is -0.478 e. The Morgan fingerprint density at radius 1 is 1.15 bits per heavy atom. The van der Waals surface area contributed by atoms with E-state index in [-0.39, 0.29) is 16.4 Å². The molecule has 7 nitrogen and oxygen atoms in total. The molecule has 1 amide bonds. The van der Waals surface area contributed by atoms with Gasteiger partial charge < -0.3 is 10.0 Å². The van der Waals surface area contributed by atoms with Crippen molar-refractivity contribution in [3.8, 4) is 0 Å². The molecule has 3 rings (SSSR count). The van der Waals surface area contributed by atoms with Crippen LogP contribution in [0.3, 0.4) is 0 Å². The first-order chi connectivity index (χ1) is 12.2. The van der Waals surface area contributed by atoms with E-state index in [4.69, 9.17) is 0 Å². The highest BCUT2D eigenvalue weighted by Gasteiger charge is 2.29. The topological polar surface area (TPSA) is 95.0 Å². The van der Waals surface area contributed by atoms with E-state index >= 15 is 0 Å². The largest absolute Gasteiger partial charge is 0.478 e. The van der Waals surface area contributed by atoms with Crippen molar-refractivity contribution in [1.82, 2.24) is 0 Å². The van der Waals surface area contributed by atoms with Crippen molar-refractivity contribution in [1.29, 1.82) is 0 Å². The average molecular weight is 374 g/mol. The Kier molecular flexibility index (Phi) is 4.45. The van der Waals surface area contributed by atoms with Gasteiger partial charge in [0.2, 0.25) is 5.91 Å². The Morgan fingerprint density at radius 2 is 1.85 bits per heavy atom. The van der Waals surface area contributed by atoms with Crippen LogP contribution in [0.15, 0.2) is 47.4 Å². The van der Waals surface area contributed by atoms with Crippen LogP contribution in [-0.2, 0) is 21.2 Å². The molecule has 1 heterocycles. The quantitative estimate of drug-likeness (QED) is 0.884. The second kappa shape index (κ2) is 6.45. The minimum absolute atomic E-state index is 0.109. The molecule has 1 N–H and O–H groups in total. The molecule has 0 radical (unpaired) electrons. The van der Waals surface area contributed by atoms with Crippen LogP contribution in [-0.4, -0.2) is 39.0 Å². The lowest BCUT2D eigenvalue weighted by atomic mass is 10.1. The number of amides is 1. The highest BCUT2D eigenvalue weighted by atomic mass is 32.2. The predicted molar refractivity (Wildman–Crippen MR) is 97.2 cm³/mol. The second-order valence-corrected chi connectivity index (χ2v) is 7.95. The normalized spacial score (nSPS) is 13.4. The van der Waals surface area contributed by atoms with Gasteiger partial charge in [-0.3, -0.25) is 9.10 Å². The maximum Gasteiger partial charge on any atom is 0.337 e. The maximum atomic E-state index is 13.0. The third-order valence-electron chi connectivity index (χ3n) is 4.46. The maximum absolute atomic E-state index is 13.0. The fourth-order valence-electron chi connectivity index (χ4n) is 3.05. The summed E-state index contributed by atoms with van der Waals surface area (Å²) in [5, 5.41) is 9.28. The number of benzene rings is 2. The van der Waals surface area contributed by atoms with Crippen LogP contribution in [0.4, 0.5) is 11.4 Å². The molecule has 136 valence electrons. The van der Waals surface area contributed by atoms with Crippen molar-refractivity contribution >= 4 is 33.3 Å². The molecule has 0 saturated carbocycles. The summed E-state index contributed by atoms with van der Waals surface area (Å²) in [6, 6.07) is 10.6. The second-order valence-electron chi connectivity index (χ2n) is 6.01. The van der Waals surface area contributed by atoms with Crippen molar-refractivity contribution in [2.45, 2.75) is 18.2 Å². The zero-order valence-electron chi connectivity index (χ0n) is 14.3. The summed E-state index contributed by atoms with van der Waals surface area (Å²) >= 11 is 0. The number of anilines is 2. The van der Waals surface area contributed by atoms with Gasteiger partial charge in [0.05, 0.1) is 11.3 Å². The van der Waals surface area contributed by atoms with Crippen molar-refractivity contribution in [3.05, 3.63) is 53.6 Å². The lowest BCUT2D eigenvalue weighted by molar-refractivity contribution is -0.116. The third kappa shape index (κ3) is 2.92. The molecule has 26 heavy (non-hydrogen) atoms. The predicted octanol–water partition coefficient (Wildman–Crippen LogP) is 2.12. The molecule has 1 aliphatic rings. The number of carbonyl (C=O) groups excluding carboxylic acids is 1. The van der Waals surface area contributed by atoms with E-state index in [9.17, 15) is 23.1 Å². The number of carboxylic acid groups (broad SMARTS) is 1. The summed E-state index contributed by atoms with van der Waals surface area (Å²) in [6.07, 6.45) is 0.716. The van der Waals surface area contributed by atoms with Crippen molar-refractivity contribution in [2.75, 3.05) is 22.8 Å². The van der Waals surface area contributed by atoms with Gasteiger partial charge in [-0.05, 0) is 36.2 Å². The fraction of sp³-hybridized carbons (Fsp3) is 0.222. The van der Waals surface area contributed by atoms with Gasteiger partial charge in [-0.2, -0.15) is 0 Å². The van der Waals surface area contributed by atoms with E-state index in [1.165, 1.54) is 38.2 Å². The van der Waals surface area contributed by atoms with Gasteiger partial charge in [0.25, 0.3) is 10.0 Å². The van der Waals surface area contributed by atoms with Gasteiger partial charge in [0, 0.05) is 26.2 Å². The van der Waals surface area contributed by atoms with Crippen LogP contribution >= 0.6 is 0 Å². The molecular formula is C18H18N2O5S. The number of aromatic carboxylic acids is 1. The molecule has 0 aromatic heterocycles. The first kappa shape index (κ1) is 17.9. The number of sulfonamides is 1. The number of carbonyl (C=O) groups is 2. The number of rotatable bonds is 4. The molecule has 2 aromatic rings. The van der Waals surface area contributed by atoms with Gasteiger partial charge in [-0.1, -0.05) is 18.2 Å². The highest BCUT2D eigenvalue weighted by molar-refractivity contribution is 7.92. The number of fused-ring (bicyclic) bond motifs is 1. The number of hydrogen-bond acceptors (Lipinski definition) is 4. The van der Waals surface area contributed by atoms with E-state index in [1.807, 2.05) is 0 Å². The van der Waals surface area contributed by atoms with Gasteiger partial charge in [0.1, 0.15) is 4.90 Å². The molecule has 0 saturated heterocycles. The SMILES string of the molecule is CC(=O)N1CCc2ccc(N(C)S(=O)(=O)c3ccccc3C(=O)O)cc21.